The van der Waals surface area contributed by atoms with Crippen LogP contribution in [-0.2, 0) is 17.7 Å². The normalized spacial score (nSPS) is 16.7. The first-order valence-corrected chi connectivity index (χ1v) is 11.4. The summed E-state index contributed by atoms with van der Waals surface area (Å²) < 4.78 is 7.63. The maximum absolute atomic E-state index is 5.54. The van der Waals surface area contributed by atoms with Gasteiger partial charge in [-0.3, -0.25) is 9.89 Å². The van der Waals surface area contributed by atoms with Crippen LogP contribution in [0.2, 0.25) is 0 Å². The third kappa shape index (κ3) is 6.52. The minimum absolute atomic E-state index is 0.295. The van der Waals surface area contributed by atoms with Crippen LogP contribution in [-0.4, -0.2) is 71.6 Å². The number of thiophene rings is 1. The van der Waals surface area contributed by atoms with Crippen LogP contribution in [0, 0.1) is 0 Å². The number of aromatic nitrogens is 3. The van der Waals surface area contributed by atoms with Crippen molar-refractivity contribution >= 4 is 17.3 Å². The first kappa shape index (κ1) is 21.7. The first-order valence-electron chi connectivity index (χ1n) is 10.6. The zero-order chi connectivity index (χ0) is 20.3. The van der Waals surface area contributed by atoms with Crippen LogP contribution in [0.5, 0.6) is 0 Å². The van der Waals surface area contributed by atoms with Gasteiger partial charge in [-0.15, -0.1) is 21.5 Å². The molecule has 2 aromatic heterocycles. The summed E-state index contributed by atoms with van der Waals surface area (Å²) in [4.78, 5) is 8.78. The molecule has 0 amide bonds. The fourth-order valence-corrected chi connectivity index (χ4v) is 4.24. The summed E-state index contributed by atoms with van der Waals surface area (Å²) in [7, 11) is 0. The monoisotopic (exact) mass is 419 g/mol. The van der Waals surface area contributed by atoms with Gasteiger partial charge in [-0.2, -0.15) is 0 Å². The van der Waals surface area contributed by atoms with Gasteiger partial charge in [0.1, 0.15) is 12.2 Å². The van der Waals surface area contributed by atoms with E-state index in [1.54, 1.807) is 17.7 Å². The summed E-state index contributed by atoms with van der Waals surface area (Å²) in [6, 6.07) is 4.63. The number of guanidine groups is 1. The van der Waals surface area contributed by atoms with E-state index in [9.17, 15) is 0 Å². The average Bonchev–Trinajstić information content (AvgIpc) is 3.44. The smallest absolute Gasteiger partial charge is 0.191 e. The number of rotatable bonds is 10. The first-order chi connectivity index (χ1) is 14.3. The molecule has 1 atom stereocenters. The molecule has 160 valence electrons. The van der Waals surface area contributed by atoms with Crippen molar-refractivity contribution in [1.82, 2.24) is 30.3 Å². The number of nitrogens with one attached hydrogen (secondary N) is 2. The second-order valence-corrected chi connectivity index (χ2v) is 8.00. The standard InChI is InChI=1S/C20H33N7OS/c1-3-7-21-20(22-8-9-27-16-24-25-19(27)4-2)23-15-17(18-6-5-14-29-18)26-10-12-28-13-11-26/h5-6,14,16-17H,3-4,7-13,15H2,1-2H3,(H2,21,22,23). The highest BCUT2D eigenvalue weighted by Gasteiger charge is 2.23. The lowest BCUT2D eigenvalue weighted by Gasteiger charge is -2.33. The van der Waals surface area contributed by atoms with E-state index in [4.69, 9.17) is 9.73 Å². The van der Waals surface area contributed by atoms with E-state index in [2.05, 4.69) is 61.7 Å². The van der Waals surface area contributed by atoms with Crippen LogP contribution >= 0.6 is 11.3 Å². The van der Waals surface area contributed by atoms with Crippen LogP contribution in [0.15, 0.2) is 28.8 Å². The van der Waals surface area contributed by atoms with Crippen molar-refractivity contribution < 1.29 is 4.74 Å². The largest absolute Gasteiger partial charge is 0.379 e. The van der Waals surface area contributed by atoms with E-state index in [0.29, 0.717) is 6.04 Å². The van der Waals surface area contributed by atoms with Crippen LogP contribution in [0.1, 0.15) is 37.0 Å². The van der Waals surface area contributed by atoms with Gasteiger partial charge < -0.3 is 19.9 Å². The predicted octanol–water partition coefficient (Wildman–Crippen LogP) is 1.92. The van der Waals surface area contributed by atoms with Gasteiger partial charge in [-0.1, -0.05) is 19.9 Å². The van der Waals surface area contributed by atoms with Crippen molar-refractivity contribution in [3.63, 3.8) is 0 Å². The van der Waals surface area contributed by atoms with Gasteiger partial charge in [0.05, 0.1) is 25.8 Å². The topological polar surface area (TPSA) is 79.6 Å². The highest BCUT2D eigenvalue weighted by molar-refractivity contribution is 7.10. The third-order valence-electron chi connectivity index (χ3n) is 4.98. The fourth-order valence-electron chi connectivity index (χ4n) is 3.39. The highest BCUT2D eigenvalue weighted by atomic mass is 32.1. The minimum atomic E-state index is 0.295. The molecule has 1 unspecified atom stereocenters. The molecule has 1 fully saturated rings. The molecule has 1 aliphatic heterocycles. The molecule has 0 aromatic carbocycles. The van der Waals surface area contributed by atoms with E-state index in [1.807, 2.05) is 0 Å². The van der Waals surface area contributed by atoms with Crippen LogP contribution < -0.4 is 10.6 Å². The number of morpholine rings is 1. The Hall–Kier alpha value is -1.97. The van der Waals surface area contributed by atoms with Gasteiger partial charge >= 0.3 is 0 Å². The van der Waals surface area contributed by atoms with Crippen molar-refractivity contribution in [1.29, 1.82) is 0 Å². The molecule has 0 aliphatic carbocycles. The SMILES string of the molecule is CCCNC(=NCC(c1cccs1)N1CCOCC1)NCCn1cnnc1CC. The summed E-state index contributed by atoms with van der Waals surface area (Å²) in [6.07, 6.45) is 3.74. The minimum Gasteiger partial charge on any atom is -0.379 e. The molecule has 3 heterocycles. The molecule has 0 bridgehead atoms. The lowest BCUT2D eigenvalue weighted by molar-refractivity contribution is 0.0186. The molecular formula is C20H33N7OS. The second kappa shape index (κ2) is 11.9. The Bertz CT molecular complexity index is 725. The maximum atomic E-state index is 5.54. The molecule has 2 N–H and O–H groups in total. The van der Waals surface area contributed by atoms with Crippen molar-refractivity contribution in [2.24, 2.45) is 4.99 Å². The van der Waals surface area contributed by atoms with E-state index in [1.165, 1.54) is 4.88 Å². The molecule has 1 aliphatic rings. The summed E-state index contributed by atoms with van der Waals surface area (Å²) in [5.41, 5.74) is 0. The number of aliphatic imine (C=N–C) groups is 1. The van der Waals surface area contributed by atoms with Gasteiger partial charge in [-0.05, 0) is 17.9 Å². The Balaban J connectivity index is 1.62. The Morgan fingerprint density at radius 3 is 2.83 bits per heavy atom. The Labute approximate surface area is 177 Å². The molecule has 1 saturated heterocycles. The molecule has 0 saturated carbocycles. The summed E-state index contributed by atoms with van der Waals surface area (Å²) in [5, 5.41) is 17.2. The van der Waals surface area contributed by atoms with Gasteiger partial charge in [0.15, 0.2) is 5.96 Å². The van der Waals surface area contributed by atoms with Crippen LogP contribution in [0.4, 0.5) is 0 Å². The Morgan fingerprint density at radius 1 is 1.28 bits per heavy atom. The number of aryl methyl sites for hydroxylation is 1. The van der Waals surface area contributed by atoms with Gasteiger partial charge in [0.2, 0.25) is 0 Å². The van der Waals surface area contributed by atoms with Crippen molar-refractivity contribution in [3.8, 4) is 0 Å². The van der Waals surface area contributed by atoms with E-state index < -0.39 is 0 Å². The predicted molar refractivity (Wildman–Crippen MR) is 117 cm³/mol. The van der Waals surface area contributed by atoms with Crippen molar-refractivity contribution in [3.05, 3.63) is 34.5 Å². The van der Waals surface area contributed by atoms with E-state index in [0.717, 1.165) is 77.1 Å². The molecule has 0 spiro atoms. The Kier molecular flexibility index (Phi) is 8.91. The van der Waals surface area contributed by atoms with Gasteiger partial charge in [0.25, 0.3) is 0 Å². The van der Waals surface area contributed by atoms with Gasteiger partial charge in [0, 0.05) is 44.0 Å². The number of nitrogens with zero attached hydrogens (tertiary/aromatic N) is 5. The lowest BCUT2D eigenvalue weighted by Crippen LogP contribution is -2.42. The zero-order valence-electron chi connectivity index (χ0n) is 17.5. The highest BCUT2D eigenvalue weighted by Crippen LogP contribution is 2.26. The second-order valence-electron chi connectivity index (χ2n) is 7.02. The molecular weight excluding hydrogens is 386 g/mol. The lowest BCUT2D eigenvalue weighted by atomic mass is 10.2. The van der Waals surface area contributed by atoms with Crippen LogP contribution in [0.3, 0.4) is 0 Å². The van der Waals surface area contributed by atoms with Crippen molar-refractivity contribution in [2.45, 2.75) is 39.3 Å². The summed E-state index contributed by atoms with van der Waals surface area (Å²) >= 11 is 1.80. The number of hydrogen-bond donors (Lipinski definition) is 2. The molecule has 29 heavy (non-hydrogen) atoms. The van der Waals surface area contributed by atoms with Crippen molar-refractivity contribution in [2.75, 3.05) is 45.9 Å². The zero-order valence-corrected chi connectivity index (χ0v) is 18.3. The number of hydrogen-bond acceptors (Lipinski definition) is 6. The van der Waals surface area contributed by atoms with Gasteiger partial charge in [-0.25, -0.2) is 0 Å². The molecule has 3 rings (SSSR count). The molecule has 8 nitrogen and oxygen atoms in total. The fraction of sp³-hybridized carbons (Fsp3) is 0.650. The summed E-state index contributed by atoms with van der Waals surface area (Å²) in [5.74, 6) is 1.88. The number of ether oxygens (including phenoxy) is 1. The van der Waals surface area contributed by atoms with Crippen LogP contribution in [0.25, 0.3) is 0 Å². The quantitative estimate of drug-likeness (QED) is 0.452. The summed E-state index contributed by atoms with van der Waals surface area (Å²) in [6.45, 7) is 11.0. The average molecular weight is 420 g/mol. The third-order valence-corrected chi connectivity index (χ3v) is 5.95. The maximum Gasteiger partial charge on any atom is 0.191 e. The molecule has 0 radical (unpaired) electrons. The van der Waals surface area contributed by atoms with E-state index in [-0.39, 0.29) is 0 Å². The Morgan fingerprint density at radius 2 is 2.10 bits per heavy atom. The molecule has 2 aromatic rings. The van der Waals surface area contributed by atoms with E-state index >= 15 is 0 Å². The molecule has 9 heteroatoms.